The molecule has 1 aromatic heterocycles. The van der Waals surface area contributed by atoms with E-state index < -0.39 is 0 Å². The maximum absolute atomic E-state index is 11.3. The first-order valence-corrected chi connectivity index (χ1v) is 5.97. The molecule has 0 bridgehead atoms. The first-order valence-electron chi connectivity index (χ1n) is 5.09. The Balaban J connectivity index is 2.36. The number of esters is 1. The predicted molar refractivity (Wildman–Crippen MR) is 61.7 cm³/mol. The van der Waals surface area contributed by atoms with Gasteiger partial charge in [-0.15, -0.1) is 11.3 Å². The van der Waals surface area contributed by atoms with Gasteiger partial charge in [-0.2, -0.15) is 0 Å². The van der Waals surface area contributed by atoms with E-state index in [0.717, 1.165) is 11.6 Å². The van der Waals surface area contributed by atoms with Crippen molar-refractivity contribution in [3.8, 4) is 0 Å². The molecule has 1 aromatic rings. The van der Waals surface area contributed by atoms with Crippen LogP contribution in [0.1, 0.15) is 22.4 Å². The van der Waals surface area contributed by atoms with Crippen LogP contribution < -0.4 is 5.32 Å². The quantitative estimate of drug-likeness (QED) is 0.574. The van der Waals surface area contributed by atoms with Gasteiger partial charge in [0.05, 0.1) is 13.2 Å². The van der Waals surface area contributed by atoms with Gasteiger partial charge in [0, 0.05) is 25.6 Å². The van der Waals surface area contributed by atoms with Crippen LogP contribution in [0.25, 0.3) is 0 Å². The Labute approximate surface area is 98.8 Å². The summed E-state index contributed by atoms with van der Waals surface area (Å²) in [6.45, 7) is 4.23. The number of thiazole rings is 1. The lowest BCUT2D eigenvalue weighted by Crippen LogP contribution is -2.18. The normalized spacial score (nSPS) is 10.4. The van der Waals surface area contributed by atoms with Crippen molar-refractivity contribution < 1.29 is 14.3 Å². The third kappa shape index (κ3) is 4.26. The molecule has 0 aliphatic heterocycles. The van der Waals surface area contributed by atoms with E-state index in [0.29, 0.717) is 25.5 Å². The van der Waals surface area contributed by atoms with Crippen molar-refractivity contribution in [1.29, 1.82) is 0 Å². The van der Waals surface area contributed by atoms with E-state index in [9.17, 15) is 4.79 Å². The minimum absolute atomic E-state index is 0.359. The Bertz CT molecular complexity index is 328. The van der Waals surface area contributed by atoms with Crippen LogP contribution in [0.2, 0.25) is 0 Å². The summed E-state index contributed by atoms with van der Waals surface area (Å²) < 4.78 is 9.75. The average molecular weight is 244 g/mol. The Morgan fingerprint density at radius 3 is 3.12 bits per heavy atom. The van der Waals surface area contributed by atoms with Crippen LogP contribution >= 0.6 is 11.3 Å². The zero-order valence-corrected chi connectivity index (χ0v) is 10.3. The van der Waals surface area contributed by atoms with Gasteiger partial charge in [-0.1, -0.05) is 0 Å². The summed E-state index contributed by atoms with van der Waals surface area (Å²) in [6.07, 6.45) is 0. The average Bonchev–Trinajstić information content (AvgIpc) is 2.73. The van der Waals surface area contributed by atoms with Crippen molar-refractivity contribution in [2.75, 3.05) is 26.9 Å². The Hall–Kier alpha value is -0.980. The highest BCUT2D eigenvalue weighted by Gasteiger charge is 2.10. The van der Waals surface area contributed by atoms with Crippen molar-refractivity contribution in [2.45, 2.75) is 13.5 Å². The van der Waals surface area contributed by atoms with Crippen LogP contribution in [-0.4, -0.2) is 37.8 Å². The van der Waals surface area contributed by atoms with Gasteiger partial charge in [-0.05, 0) is 6.92 Å². The number of nitrogens with zero attached hydrogens (tertiary/aromatic N) is 1. The molecule has 6 heteroatoms. The largest absolute Gasteiger partial charge is 0.461 e. The molecule has 0 fully saturated rings. The topological polar surface area (TPSA) is 60.5 Å². The van der Waals surface area contributed by atoms with Gasteiger partial charge in [0.25, 0.3) is 0 Å². The molecular formula is C10H16N2O3S. The molecule has 0 saturated heterocycles. The Morgan fingerprint density at radius 1 is 1.62 bits per heavy atom. The summed E-state index contributed by atoms with van der Waals surface area (Å²) in [7, 11) is 1.66. The number of hydrogen-bond donors (Lipinski definition) is 1. The van der Waals surface area contributed by atoms with Crippen LogP contribution in [0.4, 0.5) is 0 Å². The van der Waals surface area contributed by atoms with Crippen LogP contribution in [0.15, 0.2) is 5.38 Å². The standard InChI is InChI=1S/C10H16N2O3S/c1-3-15-10(13)8-7-16-9(12-8)6-11-4-5-14-2/h7,11H,3-6H2,1-2H3. The van der Waals surface area contributed by atoms with E-state index in [1.54, 1.807) is 19.4 Å². The fraction of sp³-hybridized carbons (Fsp3) is 0.600. The van der Waals surface area contributed by atoms with Crippen molar-refractivity contribution >= 4 is 17.3 Å². The molecule has 0 saturated carbocycles. The van der Waals surface area contributed by atoms with Crippen molar-refractivity contribution in [1.82, 2.24) is 10.3 Å². The second kappa shape index (κ2) is 7.32. The second-order valence-corrected chi connectivity index (χ2v) is 3.96. The highest BCUT2D eigenvalue weighted by Crippen LogP contribution is 2.10. The molecule has 1 rings (SSSR count). The minimum Gasteiger partial charge on any atom is -0.461 e. The lowest BCUT2D eigenvalue weighted by atomic mass is 10.5. The van der Waals surface area contributed by atoms with Crippen LogP contribution in [0.3, 0.4) is 0 Å². The Kier molecular flexibility index (Phi) is 5.99. The molecule has 0 aliphatic rings. The number of aromatic nitrogens is 1. The smallest absolute Gasteiger partial charge is 0.357 e. The molecule has 0 aliphatic carbocycles. The number of ether oxygens (including phenoxy) is 2. The van der Waals surface area contributed by atoms with Crippen LogP contribution in [-0.2, 0) is 16.0 Å². The van der Waals surface area contributed by atoms with Gasteiger partial charge in [0.1, 0.15) is 5.01 Å². The minimum atomic E-state index is -0.359. The van der Waals surface area contributed by atoms with Gasteiger partial charge < -0.3 is 14.8 Å². The van der Waals surface area contributed by atoms with Crippen molar-refractivity contribution in [3.05, 3.63) is 16.1 Å². The maximum Gasteiger partial charge on any atom is 0.357 e. The second-order valence-electron chi connectivity index (χ2n) is 3.02. The maximum atomic E-state index is 11.3. The molecule has 0 aromatic carbocycles. The monoisotopic (exact) mass is 244 g/mol. The number of hydrogen-bond acceptors (Lipinski definition) is 6. The number of methoxy groups -OCH3 is 1. The summed E-state index contributed by atoms with van der Waals surface area (Å²) in [5.41, 5.74) is 0.385. The van der Waals surface area contributed by atoms with Gasteiger partial charge in [-0.3, -0.25) is 0 Å². The van der Waals surface area contributed by atoms with E-state index in [2.05, 4.69) is 10.3 Å². The zero-order valence-electron chi connectivity index (χ0n) is 9.49. The molecule has 0 spiro atoms. The summed E-state index contributed by atoms with van der Waals surface area (Å²) >= 11 is 1.45. The van der Waals surface area contributed by atoms with Crippen LogP contribution in [0.5, 0.6) is 0 Å². The predicted octanol–water partition coefficient (Wildman–Crippen LogP) is 1.06. The summed E-state index contributed by atoms with van der Waals surface area (Å²) in [5.74, 6) is -0.359. The molecule has 1 heterocycles. The number of nitrogens with one attached hydrogen (secondary N) is 1. The van der Waals surface area contributed by atoms with E-state index in [-0.39, 0.29) is 5.97 Å². The van der Waals surface area contributed by atoms with Crippen molar-refractivity contribution in [3.63, 3.8) is 0 Å². The molecule has 90 valence electrons. The van der Waals surface area contributed by atoms with Gasteiger partial charge in [-0.25, -0.2) is 9.78 Å². The number of carbonyl (C=O) groups excluding carboxylic acids is 1. The highest BCUT2D eigenvalue weighted by molar-refractivity contribution is 7.09. The molecular weight excluding hydrogens is 228 g/mol. The third-order valence-electron chi connectivity index (χ3n) is 1.80. The number of rotatable bonds is 7. The zero-order chi connectivity index (χ0) is 11.8. The van der Waals surface area contributed by atoms with Gasteiger partial charge in [0.2, 0.25) is 0 Å². The Morgan fingerprint density at radius 2 is 2.44 bits per heavy atom. The highest BCUT2D eigenvalue weighted by atomic mass is 32.1. The molecule has 0 amide bonds. The SMILES string of the molecule is CCOC(=O)c1csc(CNCCOC)n1. The van der Waals surface area contributed by atoms with E-state index in [1.165, 1.54) is 11.3 Å². The number of carbonyl (C=O) groups is 1. The molecule has 0 atom stereocenters. The van der Waals surface area contributed by atoms with Crippen molar-refractivity contribution in [2.24, 2.45) is 0 Å². The lowest BCUT2D eigenvalue weighted by Gasteiger charge is -2.00. The van der Waals surface area contributed by atoms with E-state index in [4.69, 9.17) is 9.47 Å². The molecule has 0 radical (unpaired) electrons. The van der Waals surface area contributed by atoms with Crippen LogP contribution in [0, 0.1) is 0 Å². The molecule has 0 unspecified atom stereocenters. The summed E-state index contributed by atoms with van der Waals surface area (Å²) in [5, 5.41) is 5.75. The molecule has 1 N–H and O–H groups in total. The molecule has 16 heavy (non-hydrogen) atoms. The summed E-state index contributed by atoms with van der Waals surface area (Å²) in [4.78, 5) is 15.5. The lowest BCUT2D eigenvalue weighted by molar-refractivity contribution is 0.0520. The fourth-order valence-corrected chi connectivity index (χ4v) is 1.79. The van der Waals surface area contributed by atoms with Gasteiger partial charge >= 0.3 is 5.97 Å². The fourth-order valence-electron chi connectivity index (χ4n) is 1.06. The summed E-state index contributed by atoms with van der Waals surface area (Å²) in [6, 6.07) is 0. The first kappa shape index (κ1) is 13.1. The molecule has 5 nitrogen and oxygen atoms in total. The van der Waals surface area contributed by atoms with E-state index in [1.807, 2.05) is 0 Å². The van der Waals surface area contributed by atoms with E-state index >= 15 is 0 Å². The first-order chi connectivity index (χ1) is 7.77. The third-order valence-corrected chi connectivity index (χ3v) is 2.64. The van der Waals surface area contributed by atoms with Gasteiger partial charge in [0.15, 0.2) is 5.69 Å².